The van der Waals surface area contributed by atoms with E-state index in [0.29, 0.717) is 49.8 Å². The first kappa shape index (κ1) is 20.5. The molecule has 0 radical (unpaired) electrons. The van der Waals surface area contributed by atoms with Crippen molar-refractivity contribution in [1.82, 2.24) is 19.8 Å². The summed E-state index contributed by atoms with van der Waals surface area (Å²) in [6.45, 7) is 3.34. The Morgan fingerprint density at radius 1 is 1.14 bits per heavy atom. The summed E-state index contributed by atoms with van der Waals surface area (Å²) in [5.74, 6) is 0.907. The summed E-state index contributed by atoms with van der Waals surface area (Å²) >= 11 is 0. The fraction of sp³-hybridized carbons (Fsp3) is 0.526. The lowest BCUT2D eigenvalue weighted by molar-refractivity contribution is 0.0953. The van der Waals surface area contributed by atoms with Gasteiger partial charge in [-0.15, -0.1) is 0 Å². The third-order valence-electron chi connectivity index (χ3n) is 4.74. The van der Waals surface area contributed by atoms with E-state index in [1.165, 1.54) is 12.1 Å². The molecule has 1 amide bonds. The van der Waals surface area contributed by atoms with Gasteiger partial charge in [0.05, 0.1) is 4.90 Å². The van der Waals surface area contributed by atoms with Crippen molar-refractivity contribution in [1.29, 1.82) is 0 Å². The summed E-state index contributed by atoms with van der Waals surface area (Å²) in [4.78, 5) is 16.6. The van der Waals surface area contributed by atoms with E-state index in [1.807, 2.05) is 0 Å². The van der Waals surface area contributed by atoms with Gasteiger partial charge in [-0.05, 0) is 50.5 Å². The van der Waals surface area contributed by atoms with Gasteiger partial charge in [0.15, 0.2) is 5.82 Å². The van der Waals surface area contributed by atoms with E-state index in [0.717, 1.165) is 25.7 Å². The predicted molar refractivity (Wildman–Crippen MR) is 103 cm³/mol. The minimum Gasteiger partial charge on any atom is -0.352 e. The number of carbonyl (C=O) groups excluding carboxylic acids is 1. The maximum atomic E-state index is 12.8. The van der Waals surface area contributed by atoms with E-state index in [4.69, 9.17) is 4.52 Å². The Balaban J connectivity index is 1.53. The standard InChI is InChI=1S/C19H26N4O4S/c1-15-21-18(27-22-15)7-6-12-20-19(24)16-8-10-17(11-9-16)28(25,26)23-13-4-2-3-5-14-23/h8-11H,2-7,12-14H2,1H3,(H,20,24). The van der Waals surface area contributed by atoms with Crippen molar-refractivity contribution in [2.45, 2.75) is 50.3 Å². The molecule has 3 rings (SSSR count). The highest BCUT2D eigenvalue weighted by Crippen LogP contribution is 2.20. The summed E-state index contributed by atoms with van der Waals surface area (Å²) < 4.78 is 32.1. The summed E-state index contributed by atoms with van der Waals surface area (Å²) in [6, 6.07) is 6.13. The SMILES string of the molecule is Cc1noc(CCCNC(=O)c2ccc(S(=O)(=O)N3CCCCCC3)cc2)n1. The molecule has 0 aliphatic carbocycles. The van der Waals surface area contributed by atoms with Crippen LogP contribution in [0.2, 0.25) is 0 Å². The normalized spacial score (nSPS) is 15.9. The van der Waals surface area contributed by atoms with Crippen LogP contribution in [-0.2, 0) is 16.4 Å². The summed E-state index contributed by atoms with van der Waals surface area (Å²) in [6.07, 6.45) is 5.18. The van der Waals surface area contributed by atoms with Gasteiger partial charge in [-0.3, -0.25) is 4.79 Å². The topological polar surface area (TPSA) is 105 Å². The number of aromatic nitrogens is 2. The monoisotopic (exact) mass is 406 g/mol. The van der Waals surface area contributed by atoms with Gasteiger partial charge < -0.3 is 9.84 Å². The van der Waals surface area contributed by atoms with Crippen LogP contribution in [-0.4, -0.2) is 48.4 Å². The molecule has 1 saturated heterocycles. The number of amides is 1. The van der Waals surface area contributed by atoms with Crippen LogP contribution in [0.3, 0.4) is 0 Å². The molecule has 1 aliphatic rings. The molecular formula is C19H26N4O4S. The van der Waals surface area contributed by atoms with Gasteiger partial charge in [0.1, 0.15) is 0 Å². The minimum absolute atomic E-state index is 0.234. The quantitative estimate of drug-likeness (QED) is 0.708. The van der Waals surface area contributed by atoms with Crippen molar-refractivity contribution in [3.63, 3.8) is 0 Å². The Hall–Kier alpha value is -2.26. The van der Waals surface area contributed by atoms with Crippen LogP contribution in [0.25, 0.3) is 0 Å². The second-order valence-corrected chi connectivity index (χ2v) is 8.88. The molecule has 1 aromatic carbocycles. The van der Waals surface area contributed by atoms with Crippen LogP contribution in [0.4, 0.5) is 0 Å². The highest BCUT2D eigenvalue weighted by Gasteiger charge is 2.25. The Labute approximate surface area is 165 Å². The Morgan fingerprint density at radius 3 is 2.43 bits per heavy atom. The molecule has 1 N–H and O–H groups in total. The predicted octanol–water partition coefficient (Wildman–Crippen LogP) is 2.31. The van der Waals surface area contributed by atoms with Gasteiger partial charge >= 0.3 is 0 Å². The van der Waals surface area contributed by atoms with E-state index < -0.39 is 10.0 Å². The maximum Gasteiger partial charge on any atom is 0.251 e. The van der Waals surface area contributed by atoms with Crippen molar-refractivity contribution < 1.29 is 17.7 Å². The molecule has 0 bridgehead atoms. The number of hydrogen-bond acceptors (Lipinski definition) is 6. The molecule has 28 heavy (non-hydrogen) atoms. The first-order chi connectivity index (χ1) is 13.5. The molecule has 8 nitrogen and oxygen atoms in total. The molecule has 0 atom stereocenters. The molecule has 0 unspecified atom stereocenters. The lowest BCUT2D eigenvalue weighted by atomic mass is 10.2. The fourth-order valence-corrected chi connectivity index (χ4v) is 4.71. The van der Waals surface area contributed by atoms with Gasteiger partial charge in [0.2, 0.25) is 15.9 Å². The largest absolute Gasteiger partial charge is 0.352 e. The highest BCUT2D eigenvalue weighted by atomic mass is 32.2. The van der Waals surface area contributed by atoms with Crippen molar-refractivity contribution in [3.8, 4) is 0 Å². The van der Waals surface area contributed by atoms with Gasteiger partial charge in [-0.2, -0.15) is 9.29 Å². The second kappa shape index (κ2) is 9.29. The Morgan fingerprint density at radius 2 is 1.82 bits per heavy atom. The first-order valence-electron chi connectivity index (χ1n) is 9.64. The fourth-order valence-electron chi connectivity index (χ4n) is 3.19. The van der Waals surface area contributed by atoms with E-state index in [-0.39, 0.29) is 10.8 Å². The number of benzene rings is 1. The number of aryl methyl sites for hydroxylation is 2. The van der Waals surface area contributed by atoms with Crippen molar-refractivity contribution >= 4 is 15.9 Å². The third kappa shape index (κ3) is 5.17. The van der Waals surface area contributed by atoms with Gasteiger partial charge in [0, 0.05) is 31.6 Å². The van der Waals surface area contributed by atoms with E-state index in [1.54, 1.807) is 23.4 Å². The molecule has 9 heteroatoms. The second-order valence-electron chi connectivity index (χ2n) is 6.94. The first-order valence-corrected chi connectivity index (χ1v) is 11.1. The minimum atomic E-state index is -3.50. The number of rotatable bonds is 7. The number of sulfonamides is 1. The summed E-state index contributed by atoms with van der Waals surface area (Å²) in [5, 5.41) is 6.54. The van der Waals surface area contributed by atoms with Gasteiger partial charge in [-0.1, -0.05) is 18.0 Å². The molecule has 1 aromatic heterocycles. The van der Waals surface area contributed by atoms with Crippen molar-refractivity contribution in [3.05, 3.63) is 41.5 Å². The molecule has 152 valence electrons. The third-order valence-corrected chi connectivity index (χ3v) is 6.65. The zero-order valence-electron chi connectivity index (χ0n) is 16.1. The molecule has 0 spiro atoms. The smallest absolute Gasteiger partial charge is 0.251 e. The zero-order valence-corrected chi connectivity index (χ0v) is 16.9. The molecule has 1 aliphatic heterocycles. The summed E-state index contributed by atoms with van der Waals surface area (Å²) in [5.41, 5.74) is 0.434. The van der Waals surface area contributed by atoms with Crippen LogP contribution in [0.5, 0.6) is 0 Å². The Kier molecular flexibility index (Phi) is 6.79. The number of nitrogens with zero attached hydrogens (tertiary/aromatic N) is 3. The number of nitrogens with one attached hydrogen (secondary N) is 1. The number of hydrogen-bond donors (Lipinski definition) is 1. The van der Waals surface area contributed by atoms with E-state index >= 15 is 0 Å². The Bertz CT molecular complexity index is 885. The highest BCUT2D eigenvalue weighted by molar-refractivity contribution is 7.89. The van der Waals surface area contributed by atoms with Crippen molar-refractivity contribution in [2.24, 2.45) is 0 Å². The lowest BCUT2D eigenvalue weighted by Crippen LogP contribution is -2.32. The average Bonchev–Trinajstić information content (AvgIpc) is 2.93. The zero-order chi connectivity index (χ0) is 20.0. The van der Waals surface area contributed by atoms with Crippen LogP contribution in [0.1, 0.15) is 54.2 Å². The lowest BCUT2D eigenvalue weighted by Gasteiger charge is -2.20. The van der Waals surface area contributed by atoms with E-state index in [9.17, 15) is 13.2 Å². The van der Waals surface area contributed by atoms with Crippen LogP contribution < -0.4 is 5.32 Å². The van der Waals surface area contributed by atoms with Crippen LogP contribution >= 0.6 is 0 Å². The molecule has 0 saturated carbocycles. The maximum absolute atomic E-state index is 12.8. The number of carbonyl (C=O) groups is 1. The van der Waals surface area contributed by atoms with E-state index in [2.05, 4.69) is 15.5 Å². The molecular weight excluding hydrogens is 380 g/mol. The van der Waals surface area contributed by atoms with Crippen LogP contribution in [0, 0.1) is 6.92 Å². The van der Waals surface area contributed by atoms with Gasteiger partial charge in [-0.25, -0.2) is 8.42 Å². The molecule has 2 aromatic rings. The summed E-state index contributed by atoms with van der Waals surface area (Å²) in [7, 11) is -3.50. The average molecular weight is 407 g/mol. The van der Waals surface area contributed by atoms with Crippen LogP contribution in [0.15, 0.2) is 33.7 Å². The molecule has 2 heterocycles. The van der Waals surface area contributed by atoms with Gasteiger partial charge in [0.25, 0.3) is 5.91 Å². The molecule has 1 fully saturated rings. The van der Waals surface area contributed by atoms with Crippen molar-refractivity contribution in [2.75, 3.05) is 19.6 Å².